The number of methoxy groups -OCH3 is 1. The molecule has 3 heterocycles. The second-order valence-electron chi connectivity index (χ2n) is 8.25. The summed E-state index contributed by atoms with van der Waals surface area (Å²) in [7, 11) is 1.70. The van der Waals surface area contributed by atoms with E-state index in [0.29, 0.717) is 17.9 Å². The van der Waals surface area contributed by atoms with Gasteiger partial charge in [-0.15, -0.1) is 0 Å². The molecule has 6 nitrogen and oxygen atoms in total. The fraction of sp³-hybridized carbons (Fsp3) is 0.435. The van der Waals surface area contributed by atoms with Gasteiger partial charge in [0.05, 0.1) is 23.9 Å². The summed E-state index contributed by atoms with van der Waals surface area (Å²) in [6.45, 7) is 2.34. The van der Waals surface area contributed by atoms with Gasteiger partial charge in [-0.05, 0) is 73.8 Å². The van der Waals surface area contributed by atoms with Crippen LogP contribution >= 0.6 is 0 Å². The number of hydrogen-bond acceptors (Lipinski definition) is 5. The summed E-state index contributed by atoms with van der Waals surface area (Å²) in [5.41, 5.74) is 5.44. The van der Waals surface area contributed by atoms with E-state index in [1.807, 2.05) is 23.0 Å². The molecule has 0 atom stereocenters. The van der Waals surface area contributed by atoms with Crippen LogP contribution in [-0.2, 0) is 6.42 Å². The van der Waals surface area contributed by atoms with E-state index in [-0.39, 0.29) is 0 Å². The number of fused-ring (bicyclic) bond motifs is 2. The van der Waals surface area contributed by atoms with Gasteiger partial charge in [-0.25, -0.2) is 9.50 Å². The minimum atomic E-state index is 0.455. The predicted octanol–water partition coefficient (Wildman–Crippen LogP) is 4.50. The van der Waals surface area contributed by atoms with Crippen LogP contribution in [0.4, 0.5) is 5.95 Å². The van der Waals surface area contributed by atoms with Gasteiger partial charge in [-0.3, -0.25) is 0 Å². The zero-order chi connectivity index (χ0) is 19.8. The van der Waals surface area contributed by atoms with E-state index < -0.39 is 0 Å². The van der Waals surface area contributed by atoms with Gasteiger partial charge in [0.25, 0.3) is 0 Å². The molecular weight excluding hydrogens is 362 g/mol. The average Bonchev–Trinajstić information content (AvgIpc) is 3.22. The molecule has 0 bridgehead atoms. The minimum absolute atomic E-state index is 0.455. The van der Waals surface area contributed by atoms with Gasteiger partial charge in [-0.1, -0.05) is 13.0 Å². The Bertz CT molecular complexity index is 1060. The third-order valence-corrected chi connectivity index (χ3v) is 6.20. The van der Waals surface area contributed by atoms with E-state index >= 15 is 0 Å². The molecule has 0 saturated heterocycles. The smallest absolute Gasteiger partial charge is 0.226 e. The lowest BCUT2D eigenvalue weighted by Gasteiger charge is -2.27. The Hall–Kier alpha value is -2.89. The number of allylic oxidation sites excluding steroid dienone is 1. The fourth-order valence-electron chi connectivity index (χ4n) is 4.54. The van der Waals surface area contributed by atoms with Crippen molar-refractivity contribution >= 4 is 17.0 Å². The second-order valence-corrected chi connectivity index (χ2v) is 8.25. The SMILES string of the molecule is COc1nc(NC2CCC(C)CC2)nc2c1C(c1ccn3nccc3c1)=CCC2. The Morgan fingerprint density at radius 3 is 2.83 bits per heavy atom. The van der Waals surface area contributed by atoms with Crippen molar-refractivity contribution in [2.45, 2.75) is 51.5 Å². The number of nitrogens with zero attached hydrogens (tertiary/aromatic N) is 4. The van der Waals surface area contributed by atoms with Gasteiger partial charge in [0.1, 0.15) is 0 Å². The highest BCUT2D eigenvalue weighted by atomic mass is 16.5. The molecule has 0 aliphatic heterocycles. The number of rotatable bonds is 4. The highest BCUT2D eigenvalue weighted by molar-refractivity contribution is 5.85. The summed E-state index contributed by atoms with van der Waals surface area (Å²) < 4.78 is 7.61. The number of nitrogens with one attached hydrogen (secondary N) is 1. The Kier molecular flexibility index (Phi) is 4.70. The number of anilines is 1. The molecule has 6 heteroatoms. The quantitative estimate of drug-likeness (QED) is 0.712. The number of pyridine rings is 1. The van der Waals surface area contributed by atoms with E-state index in [2.05, 4.69) is 35.5 Å². The maximum absolute atomic E-state index is 5.73. The van der Waals surface area contributed by atoms with Crippen molar-refractivity contribution in [1.29, 1.82) is 0 Å². The molecule has 0 spiro atoms. The molecule has 0 radical (unpaired) electrons. The molecule has 0 unspecified atom stereocenters. The average molecular weight is 390 g/mol. The van der Waals surface area contributed by atoms with Crippen LogP contribution in [0.1, 0.15) is 55.8 Å². The van der Waals surface area contributed by atoms with Crippen LogP contribution in [-0.4, -0.2) is 32.7 Å². The number of aryl methyl sites for hydroxylation is 1. The number of aromatic nitrogens is 4. The van der Waals surface area contributed by atoms with Gasteiger partial charge < -0.3 is 10.1 Å². The summed E-state index contributed by atoms with van der Waals surface area (Å²) in [5, 5.41) is 7.86. The minimum Gasteiger partial charge on any atom is -0.480 e. The summed E-state index contributed by atoms with van der Waals surface area (Å²) in [4.78, 5) is 9.65. The number of hydrogen-bond donors (Lipinski definition) is 1. The van der Waals surface area contributed by atoms with Gasteiger partial charge >= 0.3 is 0 Å². The Morgan fingerprint density at radius 2 is 2.00 bits per heavy atom. The van der Waals surface area contributed by atoms with Crippen molar-refractivity contribution in [1.82, 2.24) is 19.6 Å². The molecule has 1 saturated carbocycles. The van der Waals surface area contributed by atoms with Crippen LogP contribution < -0.4 is 10.1 Å². The van der Waals surface area contributed by atoms with E-state index in [9.17, 15) is 0 Å². The Morgan fingerprint density at radius 1 is 1.14 bits per heavy atom. The molecule has 0 amide bonds. The van der Waals surface area contributed by atoms with E-state index in [4.69, 9.17) is 14.7 Å². The zero-order valence-corrected chi connectivity index (χ0v) is 17.1. The van der Waals surface area contributed by atoms with Crippen molar-refractivity contribution < 1.29 is 4.74 Å². The first kappa shape index (κ1) is 18.2. The molecule has 0 aromatic carbocycles. The summed E-state index contributed by atoms with van der Waals surface area (Å²) in [5.74, 6) is 2.18. The molecular formula is C23H27N5O. The lowest BCUT2D eigenvalue weighted by atomic mass is 9.87. The monoisotopic (exact) mass is 389 g/mol. The van der Waals surface area contributed by atoms with Gasteiger partial charge in [-0.2, -0.15) is 10.1 Å². The van der Waals surface area contributed by atoms with Crippen LogP contribution in [0.5, 0.6) is 5.88 Å². The molecule has 150 valence electrons. The van der Waals surface area contributed by atoms with E-state index in [0.717, 1.165) is 46.7 Å². The van der Waals surface area contributed by atoms with Crippen LogP contribution in [0.2, 0.25) is 0 Å². The summed E-state index contributed by atoms with van der Waals surface area (Å²) in [6, 6.07) is 6.72. The molecule has 2 aliphatic rings. The maximum atomic E-state index is 5.73. The van der Waals surface area contributed by atoms with Gasteiger partial charge in [0, 0.05) is 18.4 Å². The van der Waals surface area contributed by atoms with Crippen molar-refractivity contribution in [3.8, 4) is 5.88 Å². The van der Waals surface area contributed by atoms with E-state index in [1.54, 1.807) is 7.11 Å². The molecule has 3 aromatic rings. The largest absolute Gasteiger partial charge is 0.480 e. The van der Waals surface area contributed by atoms with Gasteiger partial charge in [0.2, 0.25) is 11.8 Å². The summed E-state index contributed by atoms with van der Waals surface area (Å²) in [6.07, 6.45) is 12.8. The molecule has 1 fully saturated rings. The Balaban J connectivity index is 1.49. The van der Waals surface area contributed by atoms with Crippen molar-refractivity contribution in [2.24, 2.45) is 5.92 Å². The first-order valence-corrected chi connectivity index (χ1v) is 10.6. The second kappa shape index (κ2) is 7.50. The van der Waals surface area contributed by atoms with Crippen molar-refractivity contribution in [2.75, 3.05) is 12.4 Å². The molecule has 3 aromatic heterocycles. The fourth-order valence-corrected chi connectivity index (χ4v) is 4.54. The normalized spacial score (nSPS) is 21.5. The molecule has 5 rings (SSSR count). The van der Waals surface area contributed by atoms with Crippen LogP contribution in [0.25, 0.3) is 11.1 Å². The molecule has 29 heavy (non-hydrogen) atoms. The molecule has 2 aliphatic carbocycles. The first-order valence-electron chi connectivity index (χ1n) is 10.6. The lowest BCUT2D eigenvalue weighted by Crippen LogP contribution is -2.26. The Labute approximate surface area is 171 Å². The third-order valence-electron chi connectivity index (χ3n) is 6.20. The molecule has 1 N–H and O–H groups in total. The van der Waals surface area contributed by atoms with Crippen LogP contribution in [0.15, 0.2) is 36.7 Å². The van der Waals surface area contributed by atoms with E-state index in [1.165, 1.54) is 25.7 Å². The third kappa shape index (κ3) is 3.48. The van der Waals surface area contributed by atoms with Crippen LogP contribution in [0.3, 0.4) is 0 Å². The highest BCUT2D eigenvalue weighted by Crippen LogP contribution is 2.37. The predicted molar refractivity (Wildman–Crippen MR) is 114 cm³/mol. The standard InChI is InChI=1S/C23H27N5O/c1-15-6-8-17(9-7-15)25-23-26-20-5-3-4-19(21(20)22(27-23)29-2)16-11-13-28-18(14-16)10-12-24-28/h4,10-15,17H,3,5-9H2,1-2H3,(H,25,26,27). The maximum Gasteiger partial charge on any atom is 0.226 e. The summed E-state index contributed by atoms with van der Waals surface area (Å²) >= 11 is 0. The lowest BCUT2D eigenvalue weighted by molar-refractivity contribution is 0.359. The first-order chi connectivity index (χ1) is 14.2. The van der Waals surface area contributed by atoms with Crippen molar-refractivity contribution in [3.63, 3.8) is 0 Å². The van der Waals surface area contributed by atoms with Crippen molar-refractivity contribution in [3.05, 3.63) is 53.5 Å². The van der Waals surface area contributed by atoms with Crippen LogP contribution in [0, 0.1) is 5.92 Å². The highest BCUT2D eigenvalue weighted by Gasteiger charge is 2.25. The number of ether oxygens (including phenoxy) is 1. The zero-order valence-electron chi connectivity index (χ0n) is 17.1. The topological polar surface area (TPSA) is 64.3 Å². The van der Waals surface area contributed by atoms with Gasteiger partial charge in [0.15, 0.2) is 0 Å².